The van der Waals surface area contributed by atoms with Gasteiger partial charge in [0.1, 0.15) is 6.33 Å². The van der Waals surface area contributed by atoms with E-state index in [4.69, 9.17) is 11.6 Å². The summed E-state index contributed by atoms with van der Waals surface area (Å²) in [5, 5.41) is 14.7. The molecular formula is C31H31ClN6O2. The maximum absolute atomic E-state index is 13.5. The maximum atomic E-state index is 13.5. The predicted molar refractivity (Wildman–Crippen MR) is 156 cm³/mol. The highest BCUT2D eigenvalue weighted by atomic mass is 35.5. The zero-order valence-corrected chi connectivity index (χ0v) is 22.9. The number of carbonyl (C=O) groups is 2. The molecule has 4 aromatic rings. The fourth-order valence-electron chi connectivity index (χ4n) is 4.92. The number of benzene rings is 3. The first-order valence-electron chi connectivity index (χ1n) is 13.5. The zero-order valence-electron chi connectivity index (χ0n) is 22.1. The number of ketones is 1. The topological polar surface area (TPSA) is 93.0 Å². The van der Waals surface area contributed by atoms with Crippen LogP contribution >= 0.6 is 11.6 Å². The predicted octanol–water partition coefficient (Wildman–Crippen LogP) is 4.86. The number of anilines is 1. The number of tetrazole rings is 1. The third-order valence-corrected chi connectivity index (χ3v) is 7.26. The van der Waals surface area contributed by atoms with Crippen LogP contribution < -0.4 is 10.2 Å². The molecule has 2 heterocycles. The van der Waals surface area contributed by atoms with Crippen LogP contribution in [0.3, 0.4) is 0 Å². The van der Waals surface area contributed by atoms with E-state index in [9.17, 15) is 9.59 Å². The Bertz CT molecular complexity index is 1450. The molecule has 0 spiro atoms. The standard InChI is InChI=1S/C31H31ClN6O2/c32-26-12-15-29(38-22-33-35-36-38)25(21-26)11-16-31(40)34-28(19-23-7-3-1-4-8-23)30(39)20-24-9-13-27(14-10-24)37-17-5-2-6-18-37/h1,3-4,7-16,21-22,28H,2,5-6,17-20H2,(H,34,40). The number of nitrogens with one attached hydrogen (secondary N) is 1. The molecule has 9 heteroatoms. The van der Waals surface area contributed by atoms with Crippen molar-refractivity contribution in [1.29, 1.82) is 0 Å². The Morgan fingerprint density at radius 3 is 2.45 bits per heavy atom. The molecule has 5 rings (SSSR count). The fraction of sp³-hybridized carbons (Fsp3) is 0.258. The Hall–Kier alpha value is -4.30. The van der Waals surface area contributed by atoms with Gasteiger partial charge in [-0.25, -0.2) is 0 Å². The number of nitrogens with zero attached hydrogens (tertiary/aromatic N) is 5. The van der Waals surface area contributed by atoms with E-state index in [0.29, 0.717) is 22.7 Å². The number of piperidine rings is 1. The summed E-state index contributed by atoms with van der Waals surface area (Å²) in [4.78, 5) is 28.9. The van der Waals surface area contributed by atoms with E-state index in [1.165, 1.54) is 42.0 Å². The SMILES string of the molecule is O=C(C=Cc1cc(Cl)ccc1-n1cnnn1)NC(Cc1ccccc1)C(=O)Cc1ccc(N2CCCCC2)cc1. The molecule has 0 radical (unpaired) electrons. The fourth-order valence-corrected chi connectivity index (χ4v) is 5.10. The molecule has 0 bridgehead atoms. The molecule has 1 amide bonds. The molecule has 1 aromatic heterocycles. The van der Waals surface area contributed by atoms with Crippen molar-refractivity contribution < 1.29 is 9.59 Å². The van der Waals surface area contributed by atoms with Crippen molar-refractivity contribution in [3.8, 4) is 5.69 Å². The van der Waals surface area contributed by atoms with E-state index in [1.807, 2.05) is 42.5 Å². The average Bonchev–Trinajstić information content (AvgIpc) is 3.52. The number of hydrogen-bond acceptors (Lipinski definition) is 6. The molecule has 1 fully saturated rings. The molecule has 1 unspecified atom stereocenters. The van der Waals surface area contributed by atoms with Crippen molar-refractivity contribution in [2.24, 2.45) is 0 Å². The average molecular weight is 555 g/mol. The van der Waals surface area contributed by atoms with Crippen molar-refractivity contribution in [3.05, 3.63) is 107 Å². The number of halogens is 1. The van der Waals surface area contributed by atoms with Crippen LogP contribution in [-0.2, 0) is 22.4 Å². The first-order valence-corrected chi connectivity index (χ1v) is 13.8. The number of aromatic nitrogens is 4. The molecule has 0 aliphatic carbocycles. The van der Waals surface area contributed by atoms with Gasteiger partial charge in [0, 0.05) is 41.9 Å². The first kappa shape index (κ1) is 27.3. The highest BCUT2D eigenvalue weighted by Gasteiger charge is 2.21. The monoisotopic (exact) mass is 554 g/mol. The molecular weight excluding hydrogens is 524 g/mol. The number of amides is 1. The second kappa shape index (κ2) is 13.2. The van der Waals surface area contributed by atoms with Gasteiger partial charge in [0.2, 0.25) is 5.91 Å². The molecule has 3 aromatic carbocycles. The van der Waals surface area contributed by atoms with Gasteiger partial charge in [0.25, 0.3) is 0 Å². The van der Waals surface area contributed by atoms with Gasteiger partial charge in [-0.2, -0.15) is 4.68 Å². The van der Waals surface area contributed by atoms with Crippen LogP contribution in [0, 0.1) is 0 Å². The quantitative estimate of drug-likeness (QED) is 0.281. The highest BCUT2D eigenvalue weighted by molar-refractivity contribution is 6.30. The van der Waals surface area contributed by atoms with Crippen LogP contribution in [0.2, 0.25) is 5.02 Å². The summed E-state index contributed by atoms with van der Waals surface area (Å²) in [7, 11) is 0. The molecule has 8 nitrogen and oxygen atoms in total. The summed E-state index contributed by atoms with van der Waals surface area (Å²) in [6.07, 6.45) is 8.86. The van der Waals surface area contributed by atoms with E-state index < -0.39 is 6.04 Å². The summed E-state index contributed by atoms with van der Waals surface area (Å²) in [6.45, 7) is 2.15. The Balaban J connectivity index is 1.29. The van der Waals surface area contributed by atoms with Crippen LogP contribution in [0.5, 0.6) is 0 Å². The molecule has 204 valence electrons. The van der Waals surface area contributed by atoms with Gasteiger partial charge in [-0.1, -0.05) is 54.1 Å². The number of Topliss-reactive ketones (excluding diaryl/α,β-unsaturated/α-hetero) is 1. The summed E-state index contributed by atoms with van der Waals surface area (Å²) in [5.41, 5.74) is 4.43. The van der Waals surface area contributed by atoms with Gasteiger partial charge >= 0.3 is 0 Å². The minimum absolute atomic E-state index is 0.0477. The van der Waals surface area contributed by atoms with Gasteiger partial charge in [-0.15, -0.1) is 5.10 Å². The van der Waals surface area contributed by atoms with Crippen LogP contribution in [0.4, 0.5) is 5.69 Å². The summed E-state index contributed by atoms with van der Waals surface area (Å²) >= 11 is 6.20. The molecule has 1 aliphatic rings. The Kier molecular flexibility index (Phi) is 8.98. The molecule has 40 heavy (non-hydrogen) atoms. The highest BCUT2D eigenvalue weighted by Crippen LogP contribution is 2.22. The van der Waals surface area contributed by atoms with Crippen molar-refractivity contribution >= 4 is 35.1 Å². The Morgan fingerprint density at radius 2 is 1.73 bits per heavy atom. The van der Waals surface area contributed by atoms with E-state index in [1.54, 1.807) is 24.3 Å². The third-order valence-electron chi connectivity index (χ3n) is 7.02. The molecule has 1 N–H and O–H groups in total. The van der Waals surface area contributed by atoms with Crippen molar-refractivity contribution in [1.82, 2.24) is 25.5 Å². The Labute approximate surface area is 238 Å². The van der Waals surface area contributed by atoms with Crippen molar-refractivity contribution in [2.45, 2.75) is 38.1 Å². The maximum Gasteiger partial charge on any atom is 0.244 e. The van der Waals surface area contributed by atoms with E-state index in [0.717, 1.165) is 24.2 Å². The minimum atomic E-state index is -0.681. The van der Waals surface area contributed by atoms with E-state index in [2.05, 4.69) is 37.9 Å². The van der Waals surface area contributed by atoms with Gasteiger partial charge in [0.05, 0.1) is 11.7 Å². The lowest BCUT2D eigenvalue weighted by atomic mass is 9.97. The minimum Gasteiger partial charge on any atom is -0.372 e. The summed E-state index contributed by atoms with van der Waals surface area (Å²) in [5.74, 6) is -0.425. The lowest BCUT2D eigenvalue weighted by Gasteiger charge is -2.28. The zero-order chi connectivity index (χ0) is 27.7. The van der Waals surface area contributed by atoms with E-state index in [-0.39, 0.29) is 18.1 Å². The van der Waals surface area contributed by atoms with Crippen LogP contribution in [0.15, 0.2) is 85.2 Å². The number of carbonyl (C=O) groups excluding carboxylic acids is 2. The molecule has 0 saturated carbocycles. The lowest BCUT2D eigenvalue weighted by Crippen LogP contribution is -2.42. The van der Waals surface area contributed by atoms with Crippen LogP contribution in [-0.4, -0.2) is 51.0 Å². The third kappa shape index (κ3) is 7.21. The second-order valence-corrected chi connectivity index (χ2v) is 10.3. The summed E-state index contributed by atoms with van der Waals surface area (Å²) in [6, 6.07) is 22.5. The van der Waals surface area contributed by atoms with Gasteiger partial charge in [0.15, 0.2) is 5.78 Å². The number of rotatable bonds is 10. The smallest absolute Gasteiger partial charge is 0.244 e. The number of hydrogen-bond donors (Lipinski definition) is 1. The second-order valence-electron chi connectivity index (χ2n) is 9.90. The van der Waals surface area contributed by atoms with Gasteiger partial charge in [-0.05, 0) is 83.6 Å². The lowest BCUT2D eigenvalue weighted by molar-refractivity contribution is -0.125. The van der Waals surface area contributed by atoms with Gasteiger partial charge < -0.3 is 10.2 Å². The van der Waals surface area contributed by atoms with Crippen molar-refractivity contribution in [3.63, 3.8) is 0 Å². The first-order chi connectivity index (χ1) is 19.5. The normalized spacial score (nSPS) is 14.3. The van der Waals surface area contributed by atoms with Gasteiger partial charge in [-0.3, -0.25) is 9.59 Å². The van der Waals surface area contributed by atoms with Crippen LogP contribution in [0.1, 0.15) is 36.0 Å². The molecule has 1 atom stereocenters. The summed E-state index contributed by atoms with van der Waals surface area (Å²) < 4.78 is 1.49. The molecule has 1 saturated heterocycles. The largest absolute Gasteiger partial charge is 0.372 e. The molecule has 1 aliphatic heterocycles. The Morgan fingerprint density at radius 1 is 0.950 bits per heavy atom. The van der Waals surface area contributed by atoms with E-state index >= 15 is 0 Å². The van der Waals surface area contributed by atoms with Crippen LogP contribution in [0.25, 0.3) is 11.8 Å². The van der Waals surface area contributed by atoms with Crippen molar-refractivity contribution in [2.75, 3.05) is 18.0 Å².